The van der Waals surface area contributed by atoms with Gasteiger partial charge in [-0.15, -0.1) is 0 Å². The number of anilines is 2. The maximum atomic E-state index is 11.8. The Bertz CT molecular complexity index is 613. The van der Waals surface area contributed by atoms with E-state index in [-0.39, 0.29) is 17.0 Å². The number of halogens is 2. The van der Waals surface area contributed by atoms with E-state index in [1.54, 1.807) is 30.3 Å². The van der Waals surface area contributed by atoms with E-state index in [4.69, 9.17) is 28.9 Å². The van der Waals surface area contributed by atoms with Crippen LogP contribution in [0.1, 0.15) is 10.4 Å². The third-order valence-electron chi connectivity index (χ3n) is 2.54. The second-order valence-electron chi connectivity index (χ2n) is 4.12. The number of carbonyl (C=O) groups is 1. The van der Waals surface area contributed by atoms with Crippen molar-refractivity contribution in [1.29, 1.82) is 0 Å². The van der Waals surface area contributed by atoms with Crippen LogP contribution in [0, 0.1) is 0 Å². The molecule has 0 saturated carbocycles. The van der Waals surface area contributed by atoms with Gasteiger partial charge in [0.25, 0.3) is 5.91 Å². The van der Waals surface area contributed by atoms with Crippen LogP contribution in [-0.2, 0) is 0 Å². The Kier molecular flexibility index (Phi) is 5.19. The standard InChI is InChI=1S/C13H13Cl2N5O/c14-9-3-1-8(2-4-9)12(21)18-6-5-17-11-7-10(15)19-13(16)20-11/h1-4,7H,5-6H2,(H,18,21)(H3,16,17,19,20). The zero-order valence-corrected chi connectivity index (χ0v) is 12.4. The van der Waals surface area contributed by atoms with Crippen LogP contribution in [0.3, 0.4) is 0 Å². The van der Waals surface area contributed by atoms with E-state index in [9.17, 15) is 4.79 Å². The van der Waals surface area contributed by atoms with Gasteiger partial charge in [0, 0.05) is 29.7 Å². The number of hydrogen-bond donors (Lipinski definition) is 3. The van der Waals surface area contributed by atoms with Crippen molar-refractivity contribution in [3.05, 3.63) is 46.1 Å². The summed E-state index contributed by atoms with van der Waals surface area (Å²) in [5, 5.41) is 6.61. The molecule has 110 valence electrons. The maximum absolute atomic E-state index is 11.8. The van der Waals surface area contributed by atoms with Crippen molar-refractivity contribution >= 4 is 40.9 Å². The minimum Gasteiger partial charge on any atom is -0.368 e. The molecule has 21 heavy (non-hydrogen) atoms. The fourth-order valence-electron chi connectivity index (χ4n) is 1.60. The van der Waals surface area contributed by atoms with Crippen LogP contribution in [0.2, 0.25) is 10.2 Å². The Balaban J connectivity index is 1.79. The number of nitrogen functional groups attached to an aromatic ring is 1. The fourth-order valence-corrected chi connectivity index (χ4v) is 1.91. The van der Waals surface area contributed by atoms with E-state index < -0.39 is 0 Å². The maximum Gasteiger partial charge on any atom is 0.251 e. The predicted octanol–water partition coefficient (Wildman–Crippen LogP) is 2.21. The Morgan fingerprint density at radius 1 is 1.14 bits per heavy atom. The van der Waals surface area contributed by atoms with Gasteiger partial charge in [-0.2, -0.15) is 4.98 Å². The third-order valence-corrected chi connectivity index (χ3v) is 2.98. The number of hydrogen-bond acceptors (Lipinski definition) is 5. The highest BCUT2D eigenvalue weighted by atomic mass is 35.5. The summed E-state index contributed by atoms with van der Waals surface area (Å²) >= 11 is 11.5. The van der Waals surface area contributed by atoms with E-state index in [0.717, 1.165) is 0 Å². The van der Waals surface area contributed by atoms with E-state index in [1.165, 1.54) is 0 Å². The summed E-state index contributed by atoms with van der Waals surface area (Å²) < 4.78 is 0. The molecule has 0 aliphatic heterocycles. The molecule has 6 nitrogen and oxygen atoms in total. The molecule has 0 aliphatic rings. The summed E-state index contributed by atoms with van der Waals surface area (Å²) in [7, 11) is 0. The Morgan fingerprint density at radius 2 is 1.86 bits per heavy atom. The molecule has 0 atom stereocenters. The van der Waals surface area contributed by atoms with Gasteiger partial charge in [0.1, 0.15) is 11.0 Å². The van der Waals surface area contributed by atoms with Gasteiger partial charge >= 0.3 is 0 Å². The number of nitrogens with zero attached hydrogens (tertiary/aromatic N) is 2. The molecule has 1 aromatic heterocycles. The van der Waals surface area contributed by atoms with Crippen LogP contribution in [0.15, 0.2) is 30.3 Å². The minimum atomic E-state index is -0.172. The lowest BCUT2D eigenvalue weighted by molar-refractivity contribution is 0.0955. The lowest BCUT2D eigenvalue weighted by Gasteiger charge is -2.08. The van der Waals surface area contributed by atoms with Crippen molar-refractivity contribution in [1.82, 2.24) is 15.3 Å². The van der Waals surface area contributed by atoms with E-state index in [0.29, 0.717) is 29.5 Å². The molecule has 0 radical (unpaired) electrons. The van der Waals surface area contributed by atoms with Gasteiger partial charge in [-0.1, -0.05) is 23.2 Å². The topological polar surface area (TPSA) is 92.9 Å². The van der Waals surface area contributed by atoms with Crippen LogP contribution >= 0.6 is 23.2 Å². The summed E-state index contributed by atoms with van der Waals surface area (Å²) in [5.41, 5.74) is 6.02. The molecule has 2 rings (SSSR count). The van der Waals surface area contributed by atoms with Gasteiger partial charge < -0.3 is 16.4 Å². The SMILES string of the molecule is Nc1nc(Cl)cc(NCCNC(=O)c2ccc(Cl)cc2)n1. The third kappa shape index (κ3) is 4.77. The van der Waals surface area contributed by atoms with Gasteiger partial charge in [-0.3, -0.25) is 4.79 Å². The summed E-state index contributed by atoms with van der Waals surface area (Å²) in [4.78, 5) is 19.5. The number of nitrogens with two attached hydrogens (primary N) is 1. The molecular weight excluding hydrogens is 313 g/mol. The van der Waals surface area contributed by atoms with Crippen LogP contribution in [0.25, 0.3) is 0 Å². The molecule has 1 heterocycles. The number of carbonyl (C=O) groups excluding carboxylic acids is 1. The normalized spacial score (nSPS) is 10.2. The molecule has 4 N–H and O–H groups in total. The largest absolute Gasteiger partial charge is 0.368 e. The average Bonchev–Trinajstić information content (AvgIpc) is 2.43. The average molecular weight is 326 g/mol. The van der Waals surface area contributed by atoms with E-state index >= 15 is 0 Å². The quantitative estimate of drug-likeness (QED) is 0.579. The van der Waals surface area contributed by atoms with Crippen molar-refractivity contribution in [2.24, 2.45) is 0 Å². The van der Waals surface area contributed by atoms with Crippen molar-refractivity contribution in [3.63, 3.8) is 0 Å². The number of aromatic nitrogens is 2. The van der Waals surface area contributed by atoms with Gasteiger partial charge in [-0.25, -0.2) is 4.98 Å². The first kappa shape index (κ1) is 15.3. The first-order valence-electron chi connectivity index (χ1n) is 6.12. The number of benzene rings is 1. The molecule has 1 aromatic carbocycles. The number of amides is 1. The Hall–Kier alpha value is -2.05. The zero-order valence-electron chi connectivity index (χ0n) is 10.9. The highest BCUT2D eigenvalue weighted by Crippen LogP contribution is 2.12. The highest BCUT2D eigenvalue weighted by Gasteiger charge is 2.04. The summed E-state index contributed by atoms with van der Waals surface area (Å²) in [5.74, 6) is 0.428. The second kappa shape index (κ2) is 7.10. The van der Waals surface area contributed by atoms with Crippen molar-refractivity contribution < 1.29 is 4.79 Å². The molecule has 0 aliphatic carbocycles. The molecule has 1 amide bonds. The van der Waals surface area contributed by atoms with Gasteiger partial charge in [-0.05, 0) is 24.3 Å². The monoisotopic (exact) mass is 325 g/mol. The molecule has 0 spiro atoms. The predicted molar refractivity (Wildman–Crippen MR) is 83.7 cm³/mol. The summed E-state index contributed by atoms with van der Waals surface area (Å²) in [6.07, 6.45) is 0. The first-order valence-corrected chi connectivity index (χ1v) is 6.88. The number of rotatable bonds is 5. The minimum absolute atomic E-state index is 0.0928. The van der Waals surface area contributed by atoms with Gasteiger partial charge in [0.05, 0.1) is 0 Å². The van der Waals surface area contributed by atoms with Crippen molar-refractivity contribution in [2.75, 3.05) is 24.1 Å². The van der Waals surface area contributed by atoms with Gasteiger partial charge in [0.15, 0.2) is 0 Å². The van der Waals surface area contributed by atoms with Crippen molar-refractivity contribution in [3.8, 4) is 0 Å². The molecule has 0 unspecified atom stereocenters. The molecule has 0 bridgehead atoms. The lowest BCUT2D eigenvalue weighted by atomic mass is 10.2. The first-order chi connectivity index (χ1) is 10.0. The Morgan fingerprint density at radius 3 is 2.52 bits per heavy atom. The second-order valence-corrected chi connectivity index (χ2v) is 4.95. The lowest BCUT2D eigenvalue weighted by Crippen LogP contribution is -2.28. The van der Waals surface area contributed by atoms with Crippen LogP contribution in [0.4, 0.5) is 11.8 Å². The van der Waals surface area contributed by atoms with E-state index in [2.05, 4.69) is 20.6 Å². The van der Waals surface area contributed by atoms with Crippen molar-refractivity contribution in [2.45, 2.75) is 0 Å². The molecular formula is C13H13Cl2N5O. The highest BCUT2D eigenvalue weighted by molar-refractivity contribution is 6.30. The smallest absolute Gasteiger partial charge is 0.251 e. The van der Waals surface area contributed by atoms with Crippen LogP contribution in [0.5, 0.6) is 0 Å². The molecule has 0 fully saturated rings. The molecule has 2 aromatic rings. The zero-order chi connectivity index (χ0) is 15.2. The molecule has 8 heteroatoms. The summed E-state index contributed by atoms with van der Waals surface area (Å²) in [6, 6.07) is 8.21. The van der Waals surface area contributed by atoms with Crippen LogP contribution < -0.4 is 16.4 Å². The van der Waals surface area contributed by atoms with Crippen LogP contribution in [-0.4, -0.2) is 29.0 Å². The van der Waals surface area contributed by atoms with E-state index in [1.807, 2.05) is 0 Å². The molecule has 0 saturated heterocycles. The van der Waals surface area contributed by atoms with Gasteiger partial charge in [0.2, 0.25) is 5.95 Å². The summed E-state index contributed by atoms with van der Waals surface area (Å²) in [6.45, 7) is 0.898. The fraction of sp³-hybridized carbons (Fsp3) is 0.154. The Labute approximate surface area is 131 Å². The number of nitrogens with one attached hydrogen (secondary N) is 2.